The lowest BCUT2D eigenvalue weighted by Crippen LogP contribution is -1.98. The van der Waals surface area contributed by atoms with Gasteiger partial charge in [-0.1, -0.05) is 0 Å². The Morgan fingerprint density at radius 3 is 2.38 bits per heavy atom. The number of hydrogen-bond acceptors (Lipinski definition) is 5. The summed E-state index contributed by atoms with van der Waals surface area (Å²) in [6, 6.07) is 12.0. The number of ether oxygens (including phenoxy) is 1. The molecule has 2 aromatic carbocycles. The van der Waals surface area contributed by atoms with Crippen LogP contribution in [0.4, 0.5) is 4.39 Å². The molecule has 0 saturated heterocycles. The highest BCUT2D eigenvalue weighted by Crippen LogP contribution is 2.21. The predicted molar refractivity (Wildman–Crippen MR) is 85.8 cm³/mol. The van der Waals surface area contributed by atoms with Crippen LogP contribution >= 0.6 is 0 Å². The van der Waals surface area contributed by atoms with Crippen molar-refractivity contribution >= 4 is 9.84 Å². The van der Waals surface area contributed by atoms with Crippen molar-refractivity contribution in [3.05, 3.63) is 66.3 Å². The van der Waals surface area contributed by atoms with Gasteiger partial charge in [-0.25, -0.2) is 17.8 Å². The maximum atomic E-state index is 12.9. The fraction of sp³-hybridized carbons (Fsp3) is 0.118. The molecule has 0 aliphatic carbocycles. The number of benzene rings is 2. The Balaban J connectivity index is 1.66. The van der Waals surface area contributed by atoms with Crippen LogP contribution in [-0.4, -0.2) is 19.7 Å². The van der Waals surface area contributed by atoms with Gasteiger partial charge in [0.05, 0.1) is 4.90 Å². The van der Waals surface area contributed by atoms with Crippen LogP contribution in [0.3, 0.4) is 0 Å². The quantitative estimate of drug-likeness (QED) is 0.707. The smallest absolute Gasteiger partial charge is 0.226 e. The van der Waals surface area contributed by atoms with Gasteiger partial charge >= 0.3 is 0 Å². The van der Waals surface area contributed by atoms with Gasteiger partial charge < -0.3 is 9.15 Å². The molecule has 3 aromatic rings. The van der Waals surface area contributed by atoms with Gasteiger partial charge in [0.15, 0.2) is 9.84 Å². The molecule has 0 spiro atoms. The molecule has 0 aliphatic heterocycles. The third kappa shape index (κ3) is 3.80. The Morgan fingerprint density at radius 1 is 1.08 bits per heavy atom. The molecule has 0 bridgehead atoms. The molecule has 1 heterocycles. The van der Waals surface area contributed by atoms with Crippen LogP contribution in [0.1, 0.15) is 5.69 Å². The molecule has 7 heteroatoms. The molecule has 24 heavy (non-hydrogen) atoms. The number of rotatable bonds is 5. The van der Waals surface area contributed by atoms with Crippen LogP contribution in [0.15, 0.2) is 64.1 Å². The largest absolute Gasteiger partial charge is 0.487 e. The summed E-state index contributed by atoms with van der Waals surface area (Å²) in [6.07, 6.45) is 2.61. The molecular weight excluding hydrogens is 333 g/mol. The summed E-state index contributed by atoms with van der Waals surface area (Å²) in [6.45, 7) is 0.170. The third-order valence-corrected chi connectivity index (χ3v) is 4.41. The van der Waals surface area contributed by atoms with E-state index in [1.165, 1.54) is 30.5 Å². The summed E-state index contributed by atoms with van der Waals surface area (Å²) >= 11 is 0. The van der Waals surface area contributed by atoms with Crippen LogP contribution in [0, 0.1) is 5.82 Å². The highest BCUT2D eigenvalue weighted by molar-refractivity contribution is 7.90. The van der Waals surface area contributed by atoms with E-state index < -0.39 is 9.84 Å². The molecule has 0 N–H and O–H groups in total. The molecule has 0 unspecified atom stereocenters. The standard InChI is InChI=1S/C17H14FNO4S/c1-24(20,21)16-8-6-15(7-9-16)22-10-14-11-23-17(19-14)12-2-4-13(18)5-3-12/h2-9,11H,10H2,1H3. The summed E-state index contributed by atoms with van der Waals surface area (Å²) in [5.41, 5.74) is 1.24. The van der Waals surface area contributed by atoms with E-state index in [4.69, 9.17) is 9.15 Å². The van der Waals surface area contributed by atoms with Crippen LogP contribution < -0.4 is 4.74 Å². The van der Waals surface area contributed by atoms with Crippen LogP contribution in [0.5, 0.6) is 5.75 Å². The Kier molecular flexibility index (Phi) is 4.35. The first-order valence-electron chi connectivity index (χ1n) is 7.05. The summed E-state index contributed by atoms with van der Waals surface area (Å²) in [5.74, 6) is 0.571. The minimum atomic E-state index is -3.23. The zero-order chi connectivity index (χ0) is 17.2. The number of sulfone groups is 1. The second kappa shape index (κ2) is 6.45. The van der Waals surface area contributed by atoms with Crippen LogP contribution in [0.2, 0.25) is 0 Å². The van der Waals surface area contributed by atoms with Crippen molar-refractivity contribution in [2.45, 2.75) is 11.5 Å². The average molecular weight is 347 g/mol. The van der Waals surface area contributed by atoms with E-state index in [1.807, 2.05) is 0 Å². The normalized spacial score (nSPS) is 11.4. The lowest BCUT2D eigenvalue weighted by Gasteiger charge is -2.04. The zero-order valence-corrected chi connectivity index (χ0v) is 13.6. The molecule has 124 valence electrons. The topological polar surface area (TPSA) is 69.4 Å². The first kappa shape index (κ1) is 16.2. The van der Waals surface area contributed by atoms with Crippen molar-refractivity contribution in [3.63, 3.8) is 0 Å². The first-order chi connectivity index (χ1) is 11.4. The molecule has 1 aromatic heterocycles. The van der Waals surface area contributed by atoms with Gasteiger partial charge in [0, 0.05) is 11.8 Å². The van der Waals surface area contributed by atoms with Crippen molar-refractivity contribution in [1.29, 1.82) is 0 Å². The van der Waals surface area contributed by atoms with Gasteiger partial charge in [-0.3, -0.25) is 0 Å². The van der Waals surface area contributed by atoms with Crippen molar-refractivity contribution in [2.24, 2.45) is 0 Å². The Labute approximate surface area is 138 Å². The second-order valence-electron chi connectivity index (χ2n) is 5.18. The minimum Gasteiger partial charge on any atom is -0.487 e. The first-order valence-corrected chi connectivity index (χ1v) is 8.94. The Morgan fingerprint density at radius 2 is 1.75 bits per heavy atom. The minimum absolute atomic E-state index is 0.170. The van der Waals surface area contributed by atoms with Gasteiger partial charge in [0.2, 0.25) is 5.89 Å². The Hall–Kier alpha value is -2.67. The molecule has 0 atom stereocenters. The average Bonchev–Trinajstić information content (AvgIpc) is 3.02. The van der Waals surface area contributed by atoms with Crippen LogP contribution in [-0.2, 0) is 16.4 Å². The maximum Gasteiger partial charge on any atom is 0.226 e. The van der Waals surface area contributed by atoms with Gasteiger partial charge in [0.1, 0.15) is 30.1 Å². The van der Waals surface area contributed by atoms with Gasteiger partial charge in [-0.05, 0) is 48.5 Å². The van der Waals surface area contributed by atoms with E-state index in [-0.39, 0.29) is 17.3 Å². The van der Waals surface area contributed by atoms with E-state index in [2.05, 4.69) is 4.98 Å². The Bertz CT molecular complexity index is 931. The van der Waals surface area contributed by atoms with Crippen molar-refractivity contribution < 1.29 is 22.0 Å². The lowest BCUT2D eigenvalue weighted by molar-refractivity contribution is 0.301. The molecule has 0 amide bonds. The van der Waals surface area contributed by atoms with Crippen molar-refractivity contribution in [3.8, 4) is 17.2 Å². The predicted octanol–water partition coefficient (Wildman–Crippen LogP) is 3.46. The molecule has 0 saturated carbocycles. The summed E-state index contributed by atoms with van der Waals surface area (Å²) < 4.78 is 46.6. The van der Waals surface area contributed by atoms with Gasteiger partial charge in [-0.2, -0.15) is 0 Å². The maximum absolute atomic E-state index is 12.9. The van der Waals surface area contributed by atoms with E-state index >= 15 is 0 Å². The van der Waals surface area contributed by atoms with E-state index in [0.29, 0.717) is 22.9 Å². The highest BCUT2D eigenvalue weighted by atomic mass is 32.2. The monoisotopic (exact) mass is 347 g/mol. The van der Waals surface area contributed by atoms with Gasteiger partial charge in [-0.15, -0.1) is 0 Å². The SMILES string of the molecule is CS(=O)(=O)c1ccc(OCc2coc(-c3ccc(F)cc3)n2)cc1. The van der Waals surface area contributed by atoms with Crippen molar-refractivity contribution in [2.75, 3.05) is 6.26 Å². The number of hydrogen-bond donors (Lipinski definition) is 0. The highest BCUT2D eigenvalue weighted by Gasteiger charge is 2.09. The number of aromatic nitrogens is 1. The summed E-state index contributed by atoms with van der Waals surface area (Å²) in [7, 11) is -3.23. The fourth-order valence-electron chi connectivity index (χ4n) is 2.04. The molecule has 3 rings (SSSR count). The number of nitrogens with zero attached hydrogens (tertiary/aromatic N) is 1. The van der Waals surface area contributed by atoms with E-state index in [0.717, 1.165) is 6.26 Å². The van der Waals surface area contributed by atoms with E-state index in [9.17, 15) is 12.8 Å². The summed E-state index contributed by atoms with van der Waals surface area (Å²) in [5, 5.41) is 0. The fourth-order valence-corrected chi connectivity index (χ4v) is 2.67. The molecule has 0 fully saturated rings. The lowest BCUT2D eigenvalue weighted by atomic mass is 10.2. The molecular formula is C17H14FNO4S. The molecule has 0 aliphatic rings. The van der Waals surface area contributed by atoms with E-state index in [1.54, 1.807) is 24.3 Å². The third-order valence-electron chi connectivity index (χ3n) is 3.28. The second-order valence-corrected chi connectivity index (χ2v) is 7.20. The molecule has 5 nitrogen and oxygen atoms in total. The summed E-state index contributed by atoms with van der Waals surface area (Å²) in [4.78, 5) is 4.50. The number of halogens is 1. The van der Waals surface area contributed by atoms with Crippen LogP contribution in [0.25, 0.3) is 11.5 Å². The zero-order valence-electron chi connectivity index (χ0n) is 12.8. The van der Waals surface area contributed by atoms with Crippen molar-refractivity contribution in [1.82, 2.24) is 4.98 Å². The number of oxazole rings is 1. The van der Waals surface area contributed by atoms with Gasteiger partial charge in [0.25, 0.3) is 0 Å². The molecule has 0 radical (unpaired) electrons.